The lowest BCUT2D eigenvalue weighted by Gasteiger charge is -2.29. The molecule has 1 amide bonds. The molecule has 1 aromatic carbocycles. The number of aromatic nitrogens is 3. The molecule has 1 aliphatic heterocycles. The molecule has 0 saturated heterocycles. The summed E-state index contributed by atoms with van der Waals surface area (Å²) >= 11 is 5.79. The molecule has 6 nitrogen and oxygen atoms in total. The van der Waals surface area contributed by atoms with Crippen molar-refractivity contribution in [2.45, 2.75) is 19.4 Å². The second-order valence-corrected chi connectivity index (χ2v) is 6.79. The van der Waals surface area contributed by atoms with Gasteiger partial charge in [-0.3, -0.25) is 14.2 Å². The Morgan fingerprint density at radius 3 is 2.92 bits per heavy atom. The van der Waals surface area contributed by atoms with Crippen molar-refractivity contribution in [1.82, 2.24) is 19.1 Å². The van der Waals surface area contributed by atoms with Gasteiger partial charge >= 0.3 is 0 Å². The van der Waals surface area contributed by atoms with E-state index in [2.05, 4.69) is 5.10 Å². The van der Waals surface area contributed by atoms with E-state index in [1.165, 1.54) is 12.1 Å². The number of fused-ring (bicyclic) bond motifs is 3. The van der Waals surface area contributed by atoms with Crippen LogP contribution in [0.25, 0.3) is 5.65 Å². The highest BCUT2D eigenvalue weighted by Gasteiger charge is 2.26. The third-order valence-corrected chi connectivity index (χ3v) is 5.09. The Hall–Kier alpha value is -2.67. The fraction of sp³-hybridized carbons (Fsp3) is 0.278. The van der Waals surface area contributed by atoms with E-state index in [0.717, 1.165) is 5.69 Å². The Bertz CT molecular complexity index is 1090. The average Bonchev–Trinajstić information content (AvgIpc) is 3.12. The summed E-state index contributed by atoms with van der Waals surface area (Å²) in [6.07, 6.45) is 2.24. The Balaban J connectivity index is 1.63. The van der Waals surface area contributed by atoms with Crippen LogP contribution in [0.4, 0.5) is 4.39 Å². The van der Waals surface area contributed by atoms with Crippen LogP contribution < -0.4 is 5.56 Å². The minimum absolute atomic E-state index is 0.000959. The van der Waals surface area contributed by atoms with Crippen LogP contribution in [0.1, 0.15) is 16.8 Å². The van der Waals surface area contributed by atoms with Crippen LogP contribution in [-0.4, -0.2) is 31.5 Å². The molecule has 134 valence electrons. The summed E-state index contributed by atoms with van der Waals surface area (Å²) in [5.41, 5.74) is 2.72. The quantitative estimate of drug-likeness (QED) is 0.689. The first-order valence-corrected chi connectivity index (χ1v) is 8.59. The fourth-order valence-corrected chi connectivity index (χ4v) is 3.59. The first kappa shape index (κ1) is 16.8. The molecule has 3 aromatic rings. The lowest BCUT2D eigenvalue weighted by atomic mass is 10.0. The van der Waals surface area contributed by atoms with E-state index in [-0.39, 0.29) is 22.9 Å². The molecule has 3 heterocycles. The molecular weight excluding hydrogens is 359 g/mol. The number of carbonyl (C=O) groups is 1. The summed E-state index contributed by atoms with van der Waals surface area (Å²) in [4.78, 5) is 26.9. The van der Waals surface area contributed by atoms with Crippen molar-refractivity contribution in [3.8, 4) is 0 Å². The molecule has 0 saturated carbocycles. The van der Waals surface area contributed by atoms with Crippen molar-refractivity contribution in [2.24, 2.45) is 7.05 Å². The fourth-order valence-electron chi connectivity index (χ4n) is 3.39. The molecule has 0 spiro atoms. The van der Waals surface area contributed by atoms with E-state index >= 15 is 0 Å². The van der Waals surface area contributed by atoms with Crippen molar-refractivity contribution in [1.29, 1.82) is 0 Å². The summed E-state index contributed by atoms with van der Waals surface area (Å²) in [6.45, 7) is 0.778. The first-order chi connectivity index (χ1) is 12.5. The predicted octanol–water partition coefficient (Wildman–Crippen LogP) is 1.95. The van der Waals surface area contributed by atoms with Gasteiger partial charge in [0.05, 0.1) is 29.9 Å². The minimum Gasteiger partial charge on any atom is -0.336 e. The average molecular weight is 375 g/mol. The molecule has 0 fully saturated rings. The number of aryl methyl sites for hydroxylation is 1. The molecule has 0 aliphatic carbocycles. The van der Waals surface area contributed by atoms with E-state index in [1.54, 1.807) is 39.4 Å². The molecule has 0 radical (unpaired) electrons. The molecule has 0 unspecified atom stereocenters. The van der Waals surface area contributed by atoms with Crippen molar-refractivity contribution in [3.05, 3.63) is 68.5 Å². The van der Waals surface area contributed by atoms with E-state index in [9.17, 15) is 14.0 Å². The largest absolute Gasteiger partial charge is 0.336 e. The lowest BCUT2D eigenvalue weighted by molar-refractivity contribution is -0.131. The van der Waals surface area contributed by atoms with Gasteiger partial charge in [-0.1, -0.05) is 17.7 Å². The molecule has 8 heteroatoms. The third kappa shape index (κ3) is 2.68. The molecule has 2 aromatic heterocycles. The Labute approximate surface area is 153 Å². The van der Waals surface area contributed by atoms with Crippen LogP contribution in [0.2, 0.25) is 5.02 Å². The highest BCUT2D eigenvalue weighted by molar-refractivity contribution is 6.30. The summed E-state index contributed by atoms with van der Waals surface area (Å²) < 4.78 is 16.6. The predicted molar refractivity (Wildman–Crippen MR) is 94.7 cm³/mol. The van der Waals surface area contributed by atoms with E-state index in [1.807, 2.05) is 0 Å². The molecule has 26 heavy (non-hydrogen) atoms. The van der Waals surface area contributed by atoms with Crippen LogP contribution in [-0.2, 0) is 31.2 Å². The standard InChI is InChI=1S/C18H16ClFN4O2/c1-22-16-4-6-21-24(16)15-10-23(7-5-12(15)18(22)26)17(25)9-11-2-3-14(20)13(19)8-11/h2-4,6,8H,5,7,9-10H2,1H3. The smallest absolute Gasteiger partial charge is 0.257 e. The van der Waals surface area contributed by atoms with Gasteiger partial charge in [-0.15, -0.1) is 0 Å². The topological polar surface area (TPSA) is 59.6 Å². The zero-order valence-corrected chi connectivity index (χ0v) is 14.8. The maximum atomic E-state index is 13.3. The third-order valence-electron chi connectivity index (χ3n) is 4.80. The summed E-state index contributed by atoms with van der Waals surface area (Å²) in [5, 5.41) is 4.29. The van der Waals surface area contributed by atoms with Crippen molar-refractivity contribution in [3.63, 3.8) is 0 Å². The highest BCUT2D eigenvalue weighted by Crippen LogP contribution is 2.20. The van der Waals surface area contributed by atoms with Gasteiger partial charge in [-0.05, 0) is 24.1 Å². The van der Waals surface area contributed by atoms with Crippen LogP contribution in [0.5, 0.6) is 0 Å². The van der Waals surface area contributed by atoms with Crippen LogP contribution in [0.3, 0.4) is 0 Å². The van der Waals surface area contributed by atoms with Gasteiger partial charge in [-0.2, -0.15) is 5.10 Å². The number of halogens is 2. The van der Waals surface area contributed by atoms with Gasteiger partial charge in [0.2, 0.25) is 5.91 Å². The summed E-state index contributed by atoms with van der Waals surface area (Å²) in [6, 6.07) is 6.04. The van der Waals surface area contributed by atoms with Crippen molar-refractivity contribution < 1.29 is 9.18 Å². The first-order valence-electron chi connectivity index (χ1n) is 8.22. The SMILES string of the molecule is Cn1c(=O)c2c(n3nccc13)CN(C(=O)Cc1ccc(F)c(Cl)c1)CC2. The Morgan fingerprint density at radius 2 is 2.15 bits per heavy atom. The Kier molecular flexibility index (Phi) is 4.03. The number of hydrogen-bond donors (Lipinski definition) is 0. The maximum absolute atomic E-state index is 13.3. The number of benzene rings is 1. The van der Waals surface area contributed by atoms with Gasteiger partial charge in [0.1, 0.15) is 11.5 Å². The molecule has 1 aliphatic rings. The molecule has 4 rings (SSSR count). The van der Waals surface area contributed by atoms with Gasteiger partial charge < -0.3 is 4.90 Å². The van der Waals surface area contributed by atoms with Crippen molar-refractivity contribution in [2.75, 3.05) is 6.54 Å². The Morgan fingerprint density at radius 1 is 1.35 bits per heavy atom. The number of hydrogen-bond acceptors (Lipinski definition) is 3. The lowest BCUT2D eigenvalue weighted by Crippen LogP contribution is -2.41. The number of carbonyl (C=O) groups excluding carboxylic acids is 1. The van der Waals surface area contributed by atoms with Gasteiger partial charge in [0, 0.05) is 25.2 Å². The zero-order valence-electron chi connectivity index (χ0n) is 14.1. The number of amides is 1. The van der Waals surface area contributed by atoms with Crippen LogP contribution >= 0.6 is 11.6 Å². The van der Waals surface area contributed by atoms with Gasteiger partial charge in [0.15, 0.2) is 0 Å². The number of nitrogens with zero attached hydrogens (tertiary/aromatic N) is 4. The second kappa shape index (κ2) is 6.25. The van der Waals surface area contributed by atoms with E-state index in [0.29, 0.717) is 36.3 Å². The molecule has 0 N–H and O–H groups in total. The number of rotatable bonds is 2. The van der Waals surface area contributed by atoms with E-state index < -0.39 is 5.82 Å². The maximum Gasteiger partial charge on any atom is 0.257 e. The normalized spacial score (nSPS) is 13.9. The van der Waals surface area contributed by atoms with Crippen LogP contribution in [0.15, 0.2) is 35.3 Å². The van der Waals surface area contributed by atoms with E-state index in [4.69, 9.17) is 11.6 Å². The zero-order chi connectivity index (χ0) is 18.4. The van der Waals surface area contributed by atoms with Gasteiger partial charge in [-0.25, -0.2) is 8.91 Å². The molecule has 0 bridgehead atoms. The second-order valence-electron chi connectivity index (χ2n) is 6.38. The molecule has 0 atom stereocenters. The summed E-state index contributed by atoms with van der Waals surface area (Å²) in [7, 11) is 1.72. The van der Waals surface area contributed by atoms with Crippen LogP contribution in [0, 0.1) is 5.82 Å². The monoisotopic (exact) mass is 374 g/mol. The molecular formula is C18H16ClFN4O2. The minimum atomic E-state index is -0.508. The highest BCUT2D eigenvalue weighted by atomic mass is 35.5. The van der Waals surface area contributed by atoms with Gasteiger partial charge in [0.25, 0.3) is 5.56 Å². The summed E-state index contributed by atoms with van der Waals surface area (Å²) in [5.74, 6) is -0.606. The van der Waals surface area contributed by atoms with Crippen molar-refractivity contribution >= 4 is 23.2 Å².